The summed E-state index contributed by atoms with van der Waals surface area (Å²) in [5, 5.41) is 3.68. The number of aryl methyl sites for hydroxylation is 1. The fraction of sp³-hybridized carbons (Fsp3) is 0.722. The maximum atomic E-state index is 6.00. The summed E-state index contributed by atoms with van der Waals surface area (Å²) >= 11 is 0. The molecule has 3 rings (SSSR count). The van der Waals surface area contributed by atoms with E-state index in [9.17, 15) is 0 Å². The van der Waals surface area contributed by atoms with Gasteiger partial charge in [0.1, 0.15) is 5.82 Å². The highest BCUT2D eigenvalue weighted by Crippen LogP contribution is 2.28. The molecule has 1 aliphatic carbocycles. The third kappa shape index (κ3) is 4.26. The van der Waals surface area contributed by atoms with Gasteiger partial charge in [-0.1, -0.05) is 13.1 Å². The number of nitrogens with zero attached hydrogens (tertiary/aromatic N) is 2. The van der Waals surface area contributed by atoms with Crippen LogP contribution in [0.1, 0.15) is 31.4 Å². The summed E-state index contributed by atoms with van der Waals surface area (Å²) in [5.41, 5.74) is 8.32. The Labute approximate surface area is 141 Å². The Bertz CT molecular complexity index is 528. The molecule has 2 aliphatic rings. The van der Waals surface area contributed by atoms with E-state index in [0.29, 0.717) is 12.1 Å². The largest absolute Gasteiger partial charge is 0.381 e. The zero-order valence-electron chi connectivity index (χ0n) is 14.9. The highest BCUT2D eigenvalue weighted by molar-refractivity contribution is 6.77. The molecular weight excluding hydrogens is 300 g/mol. The van der Waals surface area contributed by atoms with Crippen LogP contribution in [0.2, 0.25) is 25.2 Å². The second kappa shape index (κ2) is 6.81. The molecule has 128 valence electrons. The minimum absolute atomic E-state index is 0.404. The summed E-state index contributed by atoms with van der Waals surface area (Å²) < 4.78 is 0. The van der Waals surface area contributed by atoms with Crippen molar-refractivity contribution in [3.05, 3.63) is 17.8 Å². The summed E-state index contributed by atoms with van der Waals surface area (Å²) in [7, 11) is -0.917. The zero-order valence-corrected chi connectivity index (χ0v) is 15.9. The van der Waals surface area contributed by atoms with E-state index < -0.39 is 8.07 Å². The topological polar surface area (TPSA) is 54.2 Å². The quantitative estimate of drug-likeness (QED) is 0.831. The van der Waals surface area contributed by atoms with E-state index in [2.05, 4.69) is 42.4 Å². The maximum Gasteiger partial charge on any atom is 0.128 e. The number of nitrogens with one attached hydrogen (secondary N) is 1. The van der Waals surface area contributed by atoms with Crippen LogP contribution in [0.25, 0.3) is 0 Å². The highest BCUT2D eigenvalue weighted by Gasteiger charge is 2.28. The third-order valence-electron chi connectivity index (χ3n) is 5.64. The molecule has 0 amide bonds. The molecule has 0 spiro atoms. The lowest BCUT2D eigenvalue weighted by Gasteiger charge is -2.36. The molecular formula is C18H32N4Si. The molecule has 23 heavy (non-hydrogen) atoms. The van der Waals surface area contributed by atoms with Crippen molar-refractivity contribution in [2.45, 2.75) is 69.9 Å². The number of anilines is 2. The van der Waals surface area contributed by atoms with Crippen LogP contribution in [-0.4, -0.2) is 38.2 Å². The van der Waals surface area contributed by atoms with Crippen LogP contribution in [0.15, 0.2) is 12.1 Å². The van der Waals surface area contributed by atoms with Gasteiger partial charge in [-0.3, -0.25) is 0 Å². The van der Waals surface area contributed by atoms with Gasteiger partial charge in [0.25, 0.3) is 0 Å². The van der Waals surface area contributed by atoms with Crippen LogP contribution < -0.4 is 16.0 Å². The van der Waals surface area contributed by atoms with Crippen molar-refractivity contribution >= 4 is 19.6 Å². The Balaban J connectivity index is 1.62. The fourth-order valence-electron chi connectivity index (χ4n) is 3.70. The number of hydrogen-bond donors (Lipinski definition) is 2. The van der Waals surface area contributed by atoms with Gasteiger partial charge >= 0.3 is 0 Å². The van der Waals surface area contributed by atoms with Gasteiger partial charge in [-0.05, 0) is 56.8 Å². The van der Waals surface area contributed by atoms with E-state index in [-0.39, 0.29) is 0 Å². The monoisotopic (exact) mass is 332 g/mol. The minimum Gasteiger partial charge on any atom is -0.381 e. The molecule has 2 heterocycles. The molecule has 1 aromatic heterocycles. The second-order valence-corrected chi connectivity index (χ2v) is 13.5. The van der Waals surface area contributed by atoms with Gasteiger partial charge in [0.2, 0.25) is 0 Å². The van der Waals surface area contributed by atoms with Gasteiger partial charge in [-0.2, -0.15) is 0 Å². The second-order valence-electron chi connectivity index (χ2n) is 8.21. The minimum atomic E-state index is -0.917. The van der Waals surface area contributed by atoms with Crippen LogP contribution in [0.3, 0.4) is 0 Å². The van der Waals surface area contributed by atoms with Gasteiger partial charge in [-0.15, -0.1) is 0 Å². The first kappa shape index (κ1) is 16.8. The average Bonchev–Trinajstić information content (AvgIpc) is 2.51. The first-order valence-electron chi connectivity index (χ1n) is 9.18. The van der Waals surface area contributed by atoms with Crippen LogP contribution in [0.5, 0.6) is 0 Å². The molecule has 4 nitrogen and oxygen atoms in total. The highest BCUT2D eigenvalue weighted by atomic mass is 28.3. The molecule has 0 unspecified atom stereocenters. The fourth-order valence-corrected chi connectivity index (χ4v) is 5.70. The van der Waals surface area contributed by atoms with E-state index in [1.165, 1.54) is 43.7 Å². The summed E-state index contributed by atoms with van der Waals surface area (Å²) in [4.78, 5) is 7.35. The van der Waals surface area contributed by atoms with Gasteiger partial charge in [0.05, 0.1) is 19.5 Å². The van der Waals surface area contributed by atoms with E-state index in [1.54, 1.807) is 0 Å². The molecule has 3 N–H and O–H groups in total. The lowest BCUT2D eigenvalue weighted by molar-refractivity contribution is 0.411. The Hall–Kier alpha value is -1.07. The predicted molar refractivity (Wildman–Crippen MR) is 102 cm³/mol. The molecule has 1 saturated heterocycles. The molecule has 0 bridgehead atoms. The number of aromatic nitrogens is 1. The third-order valence-corrected chi connectivity index (χ3v) is 8.80. The number of hydrogen-bond acceptors (Lipinski definition) is 4. The van der Waals surface area contributed by atoms with Crippen LogP contribution in [-0.2, 0) is 0 Å². The smallest absolute Gasteiger partial charge is 0.128 e. The number of nitrogens with two attached hydrogens (primary N) is 1. The van der Waals surface area contributed by atoms with Crippen molar-refractivity contribution in [2.24, 2.45) is 5.73 Å². The normalized spacial score (nSPS) is 27.7. The molecule has 0 aromatic carbocycles. The van der Waals surface area contributed by atoms with Crippen LogP contribution in [0, 0.1) is 6.92 Å². The number of pyridine rings is 1. The van der Waals surface area contributed by atoms with Gasteiger partial charge in [0, 0.05) is 25.2 Å². The van der Waals surface area contributed by atoms with Crippen molar-refractivity contribution < 1.29 is 0 Å². The van der Waals surface area contributed by atoms with E-state index in [4.69, 9.17) is 10.7 Å². The average molecular weight is 333 g/mol. The van der Waals surface area contributed by atoms with Crippen LogP contribution in [0.4, 0.5) is 11.5 Å². The summed E-state index contributed by atoms with van der Waals surface area (Å²) in [6, 6.07) is 8.16. The Morgan fingerprint density at radius 1 is 1.13 bits per heavy atom. The van der Waals surface area contributed by atoms with Gasteiger partial charge in [0.15, 0.2) is 0 Å². The van der Waals surface area contributed by atoms with Crippen molar-refractivity contribution in [3.63, 3.8) is 0 Å². The first-order chi connectivity index (χ1) is 10.9. The summed E-state index contributed by atoms with van der Waals surface area (Å²) in [6.07, 6.45) is 4.62. The van der Waals surface area contributed by atoms with Crippen molar-refractivity contribution in [1.82, 2.24) is 4.98 Å². The number of rotatable bonds is 3. The Morgan fingerprint density at radius 3 is 2.39 bits per heavy atom. The van der Waals surface area contributed by atoms with Crippen LogP contribution >= 0.6 is 0 Å². The molecule has 1 saturated carbocycles. The Morgan fingerprint density at radius 2 is 1.78 bits per heavy atom. The van der Waals surface area contributed by atoms with Crippen molar-refractivity contribution in [3.8, 4) is 0 Å². The first-order valence-corrected chi connectivity index (χ1v) is 12.6. The van der Waals surface area contributed by atoms with Crippen molar-refractivity contribution in [1.29, 1.82) is 0 Å². The van der Waals surface area contributed by atoms with E-state index >= 15 is 0 Å². The summed E-state index contributed by atoms with van der Waals surface area (Å²) in [5.74, 6) is 1.16. The molecule has 1 aliphatic heterocycles. The van der Waals surface area contributed by atoms with E-state index in [1.807, 2.05) is 0 Å². The molecule has 0 atom stereocenters. The summed E-state index contributed by atoms with van der Waals surface area (Å²) in [6.45, 7) is 9.50. The lowest BCUT2D eigenvalue weighted by Crippen LogP contribution is -2.43. The lowest BCUT2D eigenvalue weighted by atomic mass is 9.91. The van der Waals surface area contributed by atoms with Gasteiger partial charge < -0.3 is 16.0 Å². The molecule has 1 aromatic rings. The van der Waals surface area contributed by atoms with Gasteiger partial charge in [-0.25, -0.2) is 4.98 Å². The molecule has 2 fully saturated rings. The Kier molecular flexibility index (Phi) is 4.97. The maximum absolute atomic E-state index is 6.00. The zero-order chi connectivity index (χ0) is 16.4. The predicted octanol–water partition coefficient (Wildman–Crippen LogP) is 3.60. The van der Waals surface area contributed by atoms with E-state index in [0.717, 1.165) is 24.4 Å². The standard InChI is InChI=1S/C18H32N4Si/c1-14-17(21-16-6-4-15(19)5-7-16)8-9-18(20-14)22-10-12-23(2,3)13-11-22/h8-9,15-16,21H,4-7,10-13,19H2,1-3H3. The van der Waals surface area contributed by atoms with Crippen molar-refractivity contribution in [2.75, 3.05) is 23.3 Å². The molecule has 5 heteroatoms. The molecule has 0 radical (unpaired) electrons. The SMILES string of the molecule is Cc1nc(N2CC[Si](C)(C)CC2)ccc1NC1CCC(N)CC1.